The van der Waals surface area contributed by atoms with E-state index in [0.29, 0.717) is 13.0 Å². The Morgan fingerprint density at radius 1 is 1.45 bits per heavy atom. The summed E-state index contributed by atoms with van der Waals surface area (Å²) < 4.78 is 11.9. The summed E-state index contributed by atoms with van der Waals surface area (Å²) in [6, 6.07) is 1.56. The molecule has 0 aliphatic carbocycles. The van der Waals surface area contributed by atoms with Crippen LogP contribution < -0.4 is 10.4 Å². The maximum atomic E-state index is 11.8. The molecule has 20 heavy (non-hydrogen) atoms. The second-order valence-corrected chi connectivity index (χ2v) is 4.32. The minimum absolute atomic E-state index is 0.258. The molecule has 0 spiro atoms. The van der Waals surface area contributed by atoms with E-state index in [9.17, 15) is 15.0 Å². The summed E-state index contributed by atoms with van der Waals surface area (Å²) >= 11 is 0. The van der Waals surface area contributed by atoms with Crippen LogP contribution in [0.2, 0.25) is 0 Å². The van der Waals surface area contributed by atoms with Crippen LogP contribution in [0.15, 0.2) is 17.1 Å². The molecule has 0 bridgehead atoms. The second-order valence-electron chi connectivity index (χ2n) is 4.32. The first-order valence-electron chi connectivity index (χ1n) is 6.69. The molecule has 0 aromatic carbocycles. The van der Waals surface area contributed by atoms with Gasteiger partial charge < -0.3 is 19.7 Å². The Balaban J connectivity index is 2.81. The molecule has 0 fully saturated rings. The third kappa shape index (κ3) is 4.29. The number of hydrogen-bond acceptors (Lipinski definition) is 6. The number of rotatable bonds is 8. The van der Waals surface area contributed by atoms with Crippen LogP contribution in [0.25, 0.3) is 0 Å². The number of aromatic nitrogens is 2. The molecule has 1 aromatic rings. The van der Waals surface area contributed by atoms with E-state index in [1.807, 2.05) is 0 Å². The second kappa shape index (κ2) is 7.98. The molecule has 1 rings (SSSR count). The zero-order valence-corrected chi connectivity index (χ0v) is 12.0. The minimum Gasteiger partial charge on any atom is -0.478 e. The van der Waals surface area contributed by atoms with Crippen LogP contribution in [0.3, 0.4) is 0 Å². The van der Waals surface area contributed by atoms with Crippen LogP contribution in [-0.2, 0) is 4.74 Å². The van der Waals surface area contributed by atoms with Crippen LogP contribution in [0.1, 0.15) is 33.4 Å². The maximum absolute atomic E-state index is 11.8. The first-order valence-corrected chi connectivity index (χ1v) is 6.69. The van der Waals surface area contributed by atoms with Crippen molar-refractivity contribution in [3.63, 3.8) is 0 Å². The maximum Gasteiger partial charge on any atom is 0.352 e. The Kier molecular flexibility index (Phi) is 6.63. The van der Waals surface area contributed by atoms with E-state index in [2.05, 4.69) is 4.98 Å². The summed E-state index contributed by atoms with van der Waals surface area (Å²) in [6.45, 7) is 5.34. The van der Waals surface area contributed by atoms with Crippen LogP contribution in [0.4, 0.5) is 0 Å². The van der Waals surface area contributed by atoms with Crippen molar-refractivity contribution in [2.75, 3.05) is 13.2 Å². The SMILES string of the molecule is CCOc1ccn(C(C)O[C@H](CO)C(O)CC)c(=O)n1. The van der Waals surface area contributed by atoms with Gasteiger partial charge in [0, 0.05) is 12.3 Å². The molecule has 0 radical (unpaired) electrons. The molecule has 7 heteroatoms. The number of aliphatic hydroxyl groups excluding tert-OH is 2. The van der Waals surface area contributed by atoms with Gasteiger partial charge in [-0.1, -0.05) is 6.92 Å². The highest BCUT2D eigenvalue weighted by atomic mass is 16.5. The van der Waals surface area contributed by atoms with Gasteiger partial charge in [-0.05, 0) is 20.3 Å². The van der Waals surface area contributed by atoms with E-state index in [1.165, 1.54) is 10.8 Å². The molecule has 0 saturated carbocycles. The van der Waals surface area contributed by atoms with E-state index in [0.717, 1.165) is 0 Å². The molecule has 0 amide bonds. The molecule has 1 heterocycles. The molecule has 3 atom stereocenters. The van der Waals surface area contributed by atoms with Gasteiger partial charge in [-0.2, -0.15) is 4.98 Å². The fraction of sp³-hybridized carbons (Fsp3) is 0.692. The summed E-state index contributed by atoms with van der Waals surface area (Å²) in [5.74, 6) is 0.258. The third-order valence-corrected chi connectivity index (χ3v) is 2.89. The van der Waals surface area contributed by atoms with Crippen LogP contribution in [-0.4, -0.2) is 45.2 Å². The molecular weight excluding hydrogens is 264 g/mol. The van der Waals surface area contributed by atoms with Crippen molar-refractivity contribution in [1.29, 1.82) is 0 Å². The molecular formula is C13H22N2O5. The summed E-state index contributed by atoms with van der Waals surface area (Å²) in [5, 5.41) is 18.9. The normalized spacial score (nSPS) is 15.7. The zero-order chi connectivity index (χ0) is 15.1. The molecule has 2 N–H and O–H groups in total. The lowest BCUT2D eigenvalue weighted by atomic mass is 10.1. The van der Waals surface area contributed by atoms with E-state index in [1.54, 1.807) is 26.8 Å². The molecule has 7 nitrogen and oxygen atoms in total. The summed E-state index contributed by atoms with van der Waals surface area (Å²) in [4.78, 5) is 15.6. The molecule has 0 aliphatic heterocycles. The predicted octanol–water partition coefficient (Wildman–Crippen LogP) is 0.309. The van der Waals surface area contributed by atoms with Gasteiger partial charge in [0.15, 0.2) is 0 Å². The Hall–Kier alpha value is -1.44. The molecule has 0 saturated heterocycles. The van der Waals surface area contributed by atoms with Crippen molar-refractivity contribution < 1.29 is 19.7 Å². The number of ether oxygens (including phenoxy) is 2. The van der Waals surface area contributed by atoms with E-state index in [4.69, 9.17) is 9.47 Å². The standard InChI is InChI=1S/C13H22N2O5/c1-4-10(17)11(8-16)20-9(3)15-7-6-12(19-5-2)14-13(15)18/h6-7,9-11,16-17H,4-5,8H2,1-3H3/t9?,10?,11-/m1/s1. The molecule has 0 aliphatic rings. The minimum atomic E-state index is -0.784. The topological polar surface area (TPSA) is 93.8 Å². The van der Waals surface area contributed by atoms with Gasteiger partial charge in [0.1, 0.15) is 12.3 Å². The van der Waals surface area contributed by atoms with E-state index in [-0.39, 0.29) is 12.5 Å². The number of nitrogens with zero attached hydrogens (tertiary/aromatic N) is 2. The lowest BCUT2D eigenvalue weighted by Crippen LogP contribution is -2.36. The monoisotopic (exact) mass is 286 g/mol. The average molecular weight is 286 g/mol. The number of aliphatic hydroxyl groups is 2. The van der Waals surface area contributed by atoms with Crippen molar-refractivity contribution in [3.05, 3.63) is 22.7 Å². The molecule has 1 aromatic heterocycles. The lowest BCUT2D eigenvalue weighted by Gasteiger charge is -2.25. The van der Waals surface area contributed by atoms with Gasteiger partial charge in [-0.3, -0.25) is 4.57 Å². The van der Waals surface area contributed by atoms with Crippen molar-refractivity contribution in [2.45, 2.75) is 45.6 Å². The highest BCUT2D eigenvalue weighted by Crippen LogP contribution is 2.13. The van der Waals surface area contributed by atoms with Gasteiger partial charge in [0.05, 0.1) is 19.3 Å². The predicted molar refractivity (Wildman–Crippen MR) is 72.6 cm³/mol. The van der Waals surface area contributed by atoms with Gasteiger partial charge in [-0.25, -0.2) is 4.79 Å². The molecule has 114 valence electrons. The third-order valence-electron chi connectivity index (χ3n) is 2.89. The quantitative estimate of drug-likeness (QED) is 0.714. The highest BCUT2D eigenvalue weighted by molar-refractivity contribution is 5.05. The van der Waals surface area contributed by atoms with Crippen LogP contribution in [0.5, 0.6) is 5.88 Å². The van der Waals surface area contributed by atoms with E-state index < -0.39 is 24.1 Å². The Morgan fingerprint density at radius 3 is 2.65 bits per heavy atom. The van der Waals surface area contributed by atoms with Crippen LogP contribution in [0, 0.1) is 0 Å². The smallest absolute Gasteiger partial charge is 0.352 e. The van der Waals surface area contributed by atoms with Gasteiger partial charge in [-0.15, -0.1) is 0 Å². The van der Waals surface area contributed by atoms with Crippen molar-refractivity contribution in [2.24, 2.45) is 0 Å². The van der Waals surface area contributed by atoms with Crippen molar-refractivity contribution in [1.82, 2.24) is 9.55 Å². The Morgan fingerprint density at radius 2 is 2.15 bits per heavy atom. The van der Waals surface area contributed by atoms with E-state index >= 15 is 0 Å². The fourth-order valence-electron chi connectivity index (χ4n) is 1.74. The van der Waals surface area contributed by atoms with Crippen LogP contribution >= 0.6 is 0 Å². The fourth-order valence-corrected chi connectivity index (χ4v) is 1.74. The van der Waals surface area contributed by atoms with Gasteiger partial charge >= 0.3 is 5.69 Å². The van der Waals surface area contributed by atoms with Gasteiger partial charge in [0.2, 0.25) is 5.88 Å². The van der Waals surface area contributed by atoms with Crippen molar-refractivity contribution in [3.8, 4) is 5.88 Å². The summed E-state index contributed by atoms with van der Waals surface area (Å²) in [6.07, 6.45) is -0.210. The molecule has 2 unspecified atom stereocenters. The summed E-state index contributed by atoms with van der Waals surface area (Å²) in [5.41, 5.74) is -0.508. The average Bonchev–Trinajstić information content (AvgIpc) is 2.44. The number of hydrogen-bond donors (Lipinski definition) is 2. The summed E-state index contributed by atoms with van der Waals surface area (Å²) in [7, 11) is 0. The largest absolute Gasteiger partial charge is 0.478 e. The Labute approximate surface area is 117 Å². The zero-order valence-electron chi connectivity index (χ0n) is 12.0. The Bertz CT molecular complexity index is 462. The van der Waals surface area contributed by atoms with Crippen molar-refractivity contribution >= 4 is 0 Å². The first-order chi connectivity index (χ1) is 9.53. The highest BCUT2D eigenvalue weighted by Gasteiger charge is 2.21. The van der Waals surface area contributed by atoms with Gasteiger partial charge in [0.25, 0.3) is 0 Å². The first kappa shape index (κ1) is 16.6. The lowest BCUT2D eigenvalue weighted by molar-refractivity contribution is -0.118.